The van der Waals surface area contributed by atoms with Gasteiger partial charge < -0.3 is 18.9 Å². The Balaban J connectivity index is 1.15. The largest absolute Gasteiger partial charge is 0.486 e. The van der Waals surface area contributed by atoms with Crippen molar-refractivity contribution in [1.29, 1.82) is 0 Å². The van der Waals surface area contributed by atoms with Gasteiger partial charge in [-0.05, 0) is 42.7 Å². The predicted molar refractivity (Wildman–Crippen MR) is 124 cm³/mol. The number of Topliss-reactive ketones (excluding diaryl/α,β-unsaturated/α-hetero) is 1. The van der Waals surface area contributed by atoms with Gasteiger partial charge in [-0.3, -0.25) is 14.7 Å². The number of carbonyl (C=O) groups excluding carboxylic acids is 2. The molecule has 1 atom stereocenters. The number of pyridine rings is 2. The molecular formula is C25H25N3O6. The standard InChI is InChI=1S/C25H25N3O6/c1-31-23-9-7-20-24(27-23)16(10-11-26-20)2-4-18(29)5-6-19-15-28(25(30)34-19)17-3-8-21-22(14-17)33-13-12-32-21/h3,7-11,14,19H,2,4-6,12-13,15H2,1H3/t19-/m1/s1. The average Bonchev–Trinajstić information content (AvgIpc) is 3.25. The minimum Gasteiger partial charge on any atom is -0.486 e. The van der Waals surface area contributed by atoms with Crippen LogP contribution in [0.1, 0.15) is 24.8 Å². The average molecular weight is 463 g/mol. The fourth-order valence-electron chi connectivity index (χ4n) is 4.18. The molecule has 0 N–H and O–H groups in total. The number of anilines is 1. The number of amides is 1. The highest BCUT2D eigenvalue weighted by Gasteiger charge is 2.33. The van der Waals surface area contributed by atoms with Crippen molar-refractivity contribution in [2.75, 3.05) is 31.8 Å². The van der Waals surface area contributed by atoms with E-state index in [1.54, 1.807) is 36.4 Å². The van der Waals surface area contributed by atoms with Crippen molar-refractivity contribution >= 4 is 28.6 Å². The van der Waals surface area contributed by atoms with E-state index in [1.807, 2.05) is 18.2 Å². The summed E-state index contributed by atoms with van der Waals surface area (Å²) in [6, 6.07) is 10.9. The van der Waals surface area contributed by atoms with E-state index < -0.39 is 6.09 Å². The van der Waals surface area contributed by atoms with Gasteiger partial charge in [-0.2, -0.15) is 0 Å². The molecule has 1 aromatic carbocycles. The number of aryl methyl sites for hydroxylation is 1. The molecule has 0 radical (unpaired) electrons. The maximum absolute atomic E-state index is 12.6. The third-order valence-corrected chi connectivity index (χ3v) is 5.98. The van der Waals surface area contributed by atoms with E-state index in [0.29, 0.717) is 68.5 Å². The molecule has 0 saturated carbocycles. The summed E-state index contributed by atoms with van der Waals surface area (Å²) in [7, 11) is 1.57. The van der Waals surface area contributed by atoms with E-state index in [4.69, 9.17) is 18.9 Å². The van der Waals surface area contributed by atoms with Gasteiger partial charge in [-0.1, -0.05) is 0 Å². The number of nitrogens with zero attached hydrogens (tertiary/aromatic N) is 3. The van der Waals surface area contributed by atoms with Crippen LogP contribution in [0.2, 0.25) is 0 Å². The Bertz CT molecular complexity index is 1230. The molecule has 9 heteroatoms. The molecule has 1 fully saturated rings. The van der Waals surface area contributed by atoms with Crippen LogP contribution in [0.3, 0.4) is 0 Å². The third kappa shape index (κ3) is 4.59. The minimum absolute atomic E-state index is 0.113. The van der Waals surface area contributed by atoms with Gasteiger partial charge in [0.15, 0.2) is 11.5 Å². The topological polar surface area (TPSA) is 100 Å². The number of carbonyl (C=O) groups is 2. The van der Waals surface area contributed by atoms with Gasteiger partial charge in [0.25, 0.3) is 0 Å². The minimum atomic E-state index is -0.419. The van der Waals surface area contributed by atoms with E-state index >= 15 is 0 Å². The van der Waals surface area contributed by atoms with Crippen molar-refractivity contribution in [2.24, 2.45) is 0 Å². The Morgan fingerprint density at radius 1 is 1.12 bits per heavy atom. The molecule has 0 bridgehead atoms. The Morgan fingerprint density at radius 3 is 2.82 bits per heavy atom. The number of aromatic nitrogens is 2. The molecule has 0 unspecified atom stereocenters. The van der Waals surface area contributed by atoms with E-state index in [2.05, 4.69) is 9.97 Å². The molecule has 176 valence electrons. The lowest BCUT2D eigenvalue weighted by atomic mass is 10.0. The fraction of sp³-hybridized carbons (Fsp3) is 0.360. The number of methoxy groups -OCH3 is 1. The van der Waals surface area contributed by atoms with Crippen molar-refractivity contribution in [3.63, 3.8) is 0 Å². The summed E-state index contributed by atoms with van der Waals surface area (Å²) in [5.74, 6) is 1.91. The zero-order valence-corrected chi connectivity index (χ0v) is 18.9. The number of fused-ring (bicyclic) bond motifs is 2. The number of hydrogen-bond acceptors (Lipinski definition) is 8. The van der Waals surface area contributed by atoms with Crippen molar-refractivity contribution in [3.8, 4) is 17.4 Å². The summed E-state index contributed by atoms with van der Waals surface area (Å²) >= 11 is 0. The first-order valence-electron chi connectivity index (χ1n) is 11.3. The maximum atomic E-state index is 12.6. The highest BCUT2D eigenvalue weighted by molar-refractivity contribution is 5.90. The van der Waals surface area contributed by atoms with Crippen LogP contribution in [0.25, 0.3) is 11.0 Å². The first kappa shape index (κ1) is 21.9. The highest BCUT2D eigenvalue weighted by atomic mass is 16.6. The molecule has 2 aromatic heterocycles. The lowest BCUT2D eigenvalue weighted by Gasteiger charge is -2.21. The number of cyclic esters (lactones) is 1. The molecule has 0 aliphatic carbocycles. The molecule has 9 nitrogen and oxygen atoms in total. The van der Waals surface area contributed by atoms with Crippen LogP contribution in [0.15, 0.2) is 42.6 Å². The summed E-state index contributed by atoms with van der Waals surface area (Å²) in [4.78, 5) is 35.4. The Morgan fingerprint density at radius 2 is 1.97 bits per heavy atom. The second-order valence-electron chi connectivity index (χ2n) is 8.21. The van der Waals surface area contributed by atoms with Crippen molar-refractivity contribution < 1.29 is 28.5 Å². The molecule has 2 aliphatic heterocycles. The summed E-state index contributed by atoms with van der Waals surface area (Å²) < 4.78 is 21.8. The van der Waals surface area contributed by atoms with Crippen LogP contribution in [0.4, 0.5) is 10.5 Å². The summed E-state index contributed by atoms with van der Waals surface area (Å²) in [6.07, 6.45) is 2.73. The van der Waals surface area contributed by atoms with Crippen LogP contribution in [0.5, 0.6) is 17.4 Å². The molecule has 3 aromatic rings. The number of hydrogen-bond donors (Lipinski definition) is 0. The van der Waals surface area contributed by atoms with Gasteiger partial charge >= 0.3 is 6.09 Å². The summed E-state index contributed by atoms with van der Waals surface area (Å²) in [5, 5.41) is 0. The second kappa shape index (κ2) is 9.54. The van der Waals surface area contributed by atoms with Gasteiger partial charge in [0.2, 0.25) is 5.88 Å². The maximum Gasteiger partial charge on any atom is 0.414 e. The first-order valence-corrected chi connectivity index (χ1v) is 11.3. The van der Waals surface area contributed by atoms with Crippen molar-refractivity contribution in [2.45, 2.75) is 31.8 Å². The first-order chi connectivity index (χ1) is 16.6. The van der Waals surface area contributed by atoms with Gasteiger partial charge in [-0.25, -0.2) is 9.78 Å². The zero-order valence-electron chi connectivity index (χ0n) is 18.9. The number of ether oxygens (including phenoxy) is 4. The van der Waals surface area contributed by atoms with Crippen LogP contribution in [-0.4, -0.2) is 54.8 Å². The van der Waals surface area contributed by atoms with E-state index in [1.165, 1.54) is 0 Å². The molecule has 4 heterocycles. The molecule has 34 heavy (non-hydrogen) atoms. The van der Waals surface area contributed by atoms with E-state index in [-0.39, 0.29) is 11.9 Å². The molecule has 1 amide bonds. The summed E-state index contributed by atoms with van der Waals surface area (Å²) in [5.41, 5.74) is 3.15. The Hall–Kier alpha value is -3.88. The predicted octanol–water partition coefficient (Wildman–Crippen LogP) is 3.72. The SMILES string of the molecule is COc1ccc2nccc(CCC(=O)CC[C@@H]3CN(c4ccc5c(c4)OCCO5)C(=O)O3)c2n1. The highest BCUT2D eigenvalue weighted by Crippen LogP contribution is 2.35. The van der Waals surface area contributed by atoms with Crippen molar-refractivity contribution in [3.05, 3.63) is 48.2 Å². The van der Waals surface area contributed by atoms with Crippen LogP contribution in [-0.2, 0) is 16.0 Å². The third-order valence-electron chi connectivity index (χ3n) is 5.98. The van der Waals surface area contributed by atoms with E-state index in [9.17, 15) is 9.59 Å². The molecule has 2 aliphatic rings. The lowest BCUT2D eigenvalue weighted by molar-refractivity contribution is -0.119. The van der Waals surface area contributed by atoms with Gasteiger partial charge in [0, 0.05) is 31.2 Å². The smallest absolute Gasteiger partial charge is 0.414 e. The fourth-order valence-corrected chi connectivity index (χ4v) is 4.18. The van der Waals surface area contributed by atoms with Crippen LogP contribution < -0.4 is 19.1 Å². The monoisotopic (exact) mass is 463 g/mol. The lowest BCUT2D eigenvalue weighted by Crippen LogP contribution is -2.25. The molecule has 5 rings (SSSR count). The summed E-state index contributed by atoms with van der Waals surface area (Å²) in [6.45, 7) is 1.38. The second-order valence-corrected chi connectivity index (χ2v) is 8.21. The quantitative estimate of drug-likeness (QED) is 0.498. The normalized spacial score (nSPS) is 17.0. The Kier molecular flexibility index (Phi) is 6.16. The van der Waals surface area contributed by atoms with Crippen LogP contribution in [0, 0.1) is 0 Å². The van der Waals surface area contributed by atoms with Gasteiger partial charge in [0.1, 0.15) is 25.1 Å². The molecule has 1 saturated heterocycles. The van der Waals surface area contributed by atoms with Gasteiger partial charge in [0.05, 0.1) is 30.4 Å². The zero-order chi connectivity index (χ0) is 23.5. The Labute approximate surface area is 196 Å². The van der Waals surface area contributed by atoms with Gasteiger partial charge in [-0.15, -0.1) is 0 Å². The van der Waals surface area contributed by atoms with Crippen molar-refractivity contribution in [1.82, 2.24) is 9.97 Å². The molecule has 0 spiro atoms. The number of ketones is 1. The number of benzene rings is 1. The molecular weight excluding hydrogens is 438 g/mol. The van der Waals surface area contributed by atoms with Crippen LogP contribution >= 0.6 is 0 Å². The number of rotatable bonds is 8. The van der Waals surface area contributed by atoms with E-state index in [0.717, 1.165) is 16.6 Å².